The summed E-state index contributed by atoms with van der Waals surface area (Å²) in [5.74, 6) is -3.39. The van der Waals surface area contributed by atoms with Gasteiger partial charge in [-0.2, -0.15) is 13.2 Å². The Kier molecular flexibility index (Phi) is 6.88. The third-order valence-corrected chi connectivity index (χ3v) is 4.54. The first-order valence-corrected chi connectivity index (χ1v) is 9.29. The molecule has 1 aromatic heterocycles. The summed E-state index contributed by atoms with van der Waals surface area (Å²) in [7, 11) is 0.742. The molecule has 0 aliphatic carbocycles. The summed E-state index contributed by atoms with van der Waals surface area (Å²) in [6.07, 6.45) is -5.02. The number of rotatable bonds is 5. The van der Waals surface area contributed by atoms with Crippen molar-refractivity contribution in [3.63, 3.8) is 0 Å². The van der Waals surface area contributed by atoms with Crippen LogP contribution in [0, 0.1) is 5.82 Å². The number of ether oxygens (including phenoxy) is 2. The van der Waals surface area contributed by atoms with E-state index in [4.69, 9.17) is 21.1 Å². The summed E-state index contributed by atoms with van der Waals surface area (Å²) in [4.78, 5) is 49.1. The summed E-state index contributed by atoms with van der Waals surface area (Å²) >= 11 is 5.87. The number of hydrogen-bond acceptors (Lipinski definition) is 6. The van der Waals surface area contributed by atoms with Crippen LogP contribution >= 0.6 is 11.6 Å². The van der Waals surface area contributed by atoms with Crippen LogP contribution in [0.5, 0.6) is 0 Å². The monoisotopic (exact) mass is 480 g/mol. The lowest BCUT2D eigenvalue weighted by Crippen LogP contribution is -2.41. The fourth-order valence-corrected chi connectivity index (χ4v) is 2.85. The predicted molar refractivity (Wildman–Crippen MR) is 103 cm³/mol. The molecule has 0 amide bonds. The zero-order valence-electron chi connectivity index (χ0n) is 17.2. The molecule has 13 heteroatoms. The quantitative estimate of drug-likeness (QED) is 0.482. The minimum Gasteiger partial charge on any atom is -0.463 e. The van der Waals surface area contributed by atoms with Crippen molar-refractivity contribution in [2.24, 2.45) is 7.05 Å². The minimum absolute atomic E-state index is 0.00139. The SMILES string of the molecule is CCOC(=O)C(C)(C)OC(=O)c1cc(-n2c(=O)cc(C(F)(F)F)n(C)c2=O)c(F)cc1Cl. The highest BCUT2D eigenvalue weighted by atomic mass is 35.5. The summed E-state index contributed by atoms with van der Waals surface area (Å²) < 4.78 is 63.7. The molecule has 0 fully saturated rings. The molecule has 0 aliphatic rings. The summed E-state index contributed by atoms with van der Waals surface area (Å²) in [6, 6.07) is 1.35. The van der Waals surface area contributed by atoms with Gasteiger partial charge in [-0.25, -0.2) is 23.3 Å². The van der Waals surface area contributed by atoms with Gasteiger partial charge in [0.05, 0.1) is 22.9 Å². The summed E-state index contributed by atoms with van der Waals surface area (Å²) in [5.41, 5.74) is -7.71. The number of carbonyl (C=O) groups excluding carboxylic acids is 2. The number of benzene rings is 1. The second-order valence-electron chi connectivity index (χ2n) is 6.95. The molecule has 0 atom stereocenters. The molecule has 2 aromatic rings. The lowest BCUT2D eigenvalue weighted by Gasteiger charge is -2.23. The molecule has 0 radical (unpaired) electrons. The van der Waals surface area contributed by atoms with Gasteiger partial charge in [0.15, 0.2) is 0 Å². The molecular formula is C19H17ClF4N2O6. The van der Waals surface area contributed by atoms with Gasteiger partial charge in [0.2, 0.25) is 5.60 Å². The van der Waals surface area contributed by atoms with Crippen molar-refractivity contribution < 1.29 is 36.6 Å². The first-order valence-electron chi connectivity index (χ1n) is 8.92. The van der Waals surface area contributed by atoms with E-state index in [9.17, 15) is 36.7 Å². The molecule has 1 heterocycles. The van der Waals surface area contributed by atoms with Gasteiger partial charge < -0.3 is 9.47 Å². The maximum Gasteiger partial charge on any atom is 0.431 e. The van der Waals surface area contributed by atoms with Crippen LogP contribution < -0.4 is 11.2 Å². The average Bonchev–Trinajstić information content (AvgIpc) is 2.65. The van der Waals surface area contributed by atoms with E-state index in [0.29, 0.717) is 12.1 Å². The fraction of sp³-hybridized carbons (Fsp3) is 0.368. The molecule has 0 saturated heterocycles. The van der Waals surface area contributed by atoms with Crippen molar-refractivity contribution in [1.29, 1.82) is 0 Å². The zero-order chi connectivity index (χ0) is 24.6. The molecule has 0 spiro atoms. The molecule has 0 unspecified atom stereocenters. The molecule has 0 aliphatic heterocycles. The van der Waals surface area contributed by atoms with Gasteiger partial charge in [-0.15, -0.1) is 0 Å². The molecule has 0 saturated carbocycles. The Bertz CT molecular complexity index is 1200. The second-order valence-corrected chi connectivity index (χ2v) is 7.35. The Hall–Kier alpha value is -3.15. The van der Waals surface area contributed by atoms with Crippen molar-refractivity contribution in [3.05, 3.63) is 61.1 Å². The Morgan fingerprint density at radius 1 is 1.12 bits per heavy atom. The summed E-state index contributed by atoms with van der Waals surface area (Å²) in [5, 5.41) is -0.493. The molecule has 32 heavy (non-hydrogen) atoms. The van der Waals surface area contributed by atoms with Gasteiger partial charge in [0.25, 0.3) is 5.56 Å². The first-order chi connectivity index (χ1) is 14.6. The number of alkyl halides is 3. The van der Waals surface area contributed by atoms with E-state index < -0.39 is 62.7 Å². The van der Waals surface area contributed by atoms with E-state index in [1.165, 1.54) is 20.8 Å². The second kappa shape index (κ2) is 8.77. The number of halogens is 5. The maximum absolute atomic E-state index is 14.5. The molecule has 174 valence electrons. The van der Waals surface area contributed by atoms with Gasteiger partial charge in [0, 0.05) is 13.1 Å². The van der Waals surface area contributed by atoms with Crippen LogP contribution in [-0.2, 0) is 27.5 Å². The smallest absolute Gasteiger partial charge is 0.431 e. The fourth-order valence-electron chi connectivity index (χ4n) is 2.62. The average molecular weight is 481 g/mol. The lowest BCUT2D eigenvalue weighted by molar-refractivity contribution is -0.162. The maximum atomic E-state index is 14.5. The highest BCUT2D eigenvalue weighted by Crippen LogP contribution is 2.28. The number of nitrogens with zero attached hydrogens (tertiary/aromatic N) is 2. The van der Waals surface area contributed by atoms with E-state index >= 15 is 0 Å². The van der Waals surface area contributed by atoms with Crippen molar-refractivity contribution in [1.82, 2.24) is 9.13 Å². The molecule has 8 nitrogen and oxygen atoms in total. The van der Waals surface area contributed by atoms with Crippen LogP contribution in [0.15, 0.2) is 27.8 Å². The highest BCUT2D eigenvalue weighted by molar-refractivity contribution is 6.33. The van der Waals surface area contributed by atoms with Crippen LogP contribution in [0.4, 0.5) is 17.6 Å². The Morgan fingerprint density at radius 2 is 1.72 bits per heavy atom. The Balaban J connectivity index is 2.63. The Labute approximate surface area is 182 Å². The number of esters is 2. The third-order valence-electron chi connectivity index (χ3n) is 4.22. The number of hydrogen-bond donors (Lipinski definition) is 0. The Morgan fingerprint density at radius 3 is 2.25 bits per heavy atom. The largest absolute Gasteiger partial charge is 0.463 e. The van der Waals surface area contributed by atoms with Gasteiger partial charge >= 0.3 is 23.8 Å². The van der Waals surface area contributed by atoms with Crippen molar-refractivity contribution in [2.45, 2.75) is 32.5 Å². The van der Waals surface area contributed by atoms with Crippen LogP contribution in [0.1, 0.15) is 36.8 Å². The normalized spacial score (nSPS) is 11.9. The third kappa shape index (κ3) is 4.85. The van der Waals surface area contributed by atoms with Crippen molar-refractivity contribution in [3.8, 4) is 5.69 Å². The van der Waals surface area contributed by atoms with E-state index in [1.807, 2.05) is 0 Å². The predicted octanol–water partition coefficient (Wildman–Crippen LogP) is 2.85. The highest BCUT2D eigenvalue weighted by Gasteiger charge is 2.36. The van der Waals surface area contributed by atoms with E-state index in [1.54, 1.807) is 0 Å². The van der Waals surface area contributed by atoms with Crippen LogP contribution in [-0.4, -0.2) is 33.3 Å². The van der Waals surface area contributed by atoms with E-state index in [0.717, 1.165) is 7.05 Å². The van der Waals surface area contributed by atoms with Gasteiger partial charge in [-0.1, -0.05) is 11.6 Å². The van der Waals surface area contributed by atoms with Gasteiger partial charge in [-0.05, 0) is 32.9 Å². The molecular weight excluding hydrogens is 464 g/mol. The molecule has 0 N–H and O–H groups in total. The first kappa shape index (κ1) is 25.1. The topological polar surface area (TPSA) is 96.6 Å². The zero-order valence-corrected chi connectivity index (χ0v) is 17.9. The number of carbonyl (C=O) groups is 2. The lowest BCUT2D eigenvalue weighted by atomic mass is 10.1. The summed E-state index contributed by atoms with van der Waals surface area (Å²) in [6.45, 7) is 3.97. The molecule has 0 bridgehead atoms. The van der Waals surface area contributed by atoms with E-state index in [2.05, 4.69) is 0 Å². The van der Waals surface area contributed by atoms with Crippen LogP contribution in [0.25, 0.3) is 5.69 Å². The molecule has 2 rings (SSSR count). The number of aromatic nitrogens is 2. The van der Waals surface area contributed by atoms with Gasteiger partial charge in [0.1, 0.15) is 11.5 Å². The van der Waals surface area contributed by atoms with Crippen LogP contribution in [0.3, 0.4) is 0 Å². The van der Waals surface area contributed by atoms with Crippen molar-refractivity contribution in [2.75, 3.05) is 6.61 Å². The van der Waals surface area contributed by atoms with Gasteiger partial charge in [-0.3, -0.25) is 9.36 Å². The minimum atomic E-state index is -5.02. The molecule has 1 aromatic carbocycles. The standard InChI is InChI=1S/C19H17ClF4N2O6/c1-5-31-16(29)18(2,3)32-15(28)9-6-12(11(21)7-10(9)20)26-14(27)8-13(19(22,23)24)25(4)17(26)30/h6-8H,5H2,1-4H3. The van der Waals surface area contributed by atoms with Crippen molar-refractivity contribution >= 4 is 23.5 Å². The van der Waals surface area contributed by atoms with E-state index in [-0.39, 0.29) is 21.8 Å². The van der Waals surface area contributed by atoms with Crippen LogP contribution in [0.2, 0.25) is 5.02 Å².